The number of fused-ring (bicyclic) bond motifs is 1. The van der Waals surface area contributed by atoms with E-state index in [0.717, 1.165) is 24.5 Å². The maximum absolute atomic E-state index is 11.6. The lowest BCUT2D eigenvalue weighted by Crippen LogP contribution is -2.04. The van der Waals surface area contributed by atoms with Gasteiger partial charge < -0.3 is 9.52 Å². The molecule has 0 atom stereocenters. The molecule has 1 N–H and O–H groups in total. The molecule has 0 bridgehead atoms. The van der Waals surface area contributed by atoms with Crippen molar-refractivity contribution >= 4 is 32.5 Å². The average molecular weight is 285 g/mol. The van der Waals surface area contributed by atoms with E-state index in [1.807, 2.05) is 0 Å². The lowest BCUT2D eigenvalue weighted by molar-refractivity contribution is -0.384. The average Bonchev–Trinajstić information content (AvgIpc) is 2.66. The first-order valence-electron chi connectivity index (χ1n) is 4.86. The van der Waals surface area contributed by atoms with Crippen LogP contribution < -0.4 is 0 Å². The predicted molar refractivity (Wildman–Crippen MR) is 62.9 cm³/mol. The van der Waals surface area contributed by atoms with Crippen molar-refractivity contribution in [3.63, 3.8) is 0 Å². The van der Waals surface area contributed by atoms with Gasteiger partial charge in [0.15, 0.2) is 9.84 Å². The van der Waals surface area contributed by atoms with E-state index < -0.39 is 31.4 Å². The van der Waals surface area contributed by atoms with Gasteiger partial charge in [0.25, 0.3) is 5.69 Å². The summed E-state index contributed by atoms with van der Waals surface area (Å²) in [6.45, 7) is 0. The van der Waals surface area contributed by atoms with Crippen molar-refractivity contribution in [3.8, 4) is 0 Å². The molecule has 100 valence electrons. The fourth-order valence-electron chi connectivity index (χ4n) is 1.69. The highest BCUT2D eigenvalue weighted by Gasteiger charge is 2.28. The predicted octanol–water partition coefficient (Wildman–Crippen LogP) is 1.44. The number of non-ortho nitro benzene ring substituents is 1. The summed E-state index contributed by atoms with van der Waals surface area (Å²) in [5.74, 6) is -2.31. The summed E-state index contributed by atoms with van der Waals surface area (Å²) in [6.07, 6.45) is 0.808. The highest BCUT2D eigenvalue weighted by Crippen LogP contribution is 2.32. The quantitative estimate of drug-likeness (QED) is 0.667. The van der Waals surface area contributed by atoms with Crippen molar-refractivity contribution < 1.29 is 27.7 Å². The van der Waals surface area contributed by atoms with Gasteiger partial charge in [-0.25, -0.2) is 13.2 Å². The first kappa shape index (κ1) is 13.0. The van der Waals surface area contributed by atoms with Gasteiger partial charge in [-0.3, -0.25) is 10.1 Å². The van der Waals surface area contributed by atoms with Gasteiger partial charge in [0.1, 0.15) is 10.5 Å². The van der Waals surface area contributed by atoms with Crippen LogP contribution in [0.3, 0.4) is 0 Å². The highest BCUT2D eigenvalue weighted by molar-refractivity contribution is 7.91. The van der Waals surface area contributed by atoms with Crippen molar-refractivity contribution in [2.24, 2.45) is 0 Å². The lowest BCUT2D eigenvalue weighted by atomic mass is 10.2. The molecule has 1 heterocycles. The molecular weight excluding hydrogens is 278 g/mol. The molecule has 1 aromatic carbocycles. The second-order valence-corrected chi connectivity index (χ2v) is 5.73. The molecule has 0 unspecified atom stereocenters. The normalized spacial score (nSPS) is 11.6. The third-order valence-electron chi connectivity index (χ3n) is 2.40. The molecule has 0 spiro atoms. The van der Waals surface area contributed by atoms with Crippen LogP contribution in [0.25, 0.3) is 11.0 Å². The highest BCUT2D eigenvalue weighted by atomic mass is 32.2. The summed E-state index contributed by atoms with van der Waals surface area (Å²) in [4.78, 5) is 20.4. The maximum atomic E-state index is 11.6. The zero-order valence-corrected chi connectivity index (χ0v) is 10.3. The molecule has 0 aliphatic rings. The number of carboxylic acid groups (broad SMARTS) is 1. The fraction of sp³-hybridized carbons (Fsp3) is 0.100. The van der Waals surface area contributed by atoms with Gasteiger partial charge in [-0.15, -0.1) is 0 Å². The number of nitro benzene ring substituents is 1. The number of aromatic carboxylic acids is 1. The Kier molecular flexibility index (Phi) is 2.78. The number of carbonyl (C=O) groups is 1. The summed E-state index contributed by atoms with van der Waals surface area (Å²) in [6, 6.07) is 3.24. The Bertz CT molecular complexity index is 803. The molecular formula is C10H7NO7S. The van der Waals surface area contributed by atoms with Crippen molar-refractivity contribution in [2.45, 2.75) is 4.90 Å². The molecule has 0 fully saturated rings. The zero-order valence-electron chi connectivity index (χ0n) is 9.48. The van der Waals surface area contributed by atoms with Gasteiger partial charge in [0.2, 0.25) is 5.76 Å². The van der Waals surface area contributed by atoms with Crippen LogP contribution in [-0.4, -0.2) is 30.7 Å². The Morgan fingerprint density at radius 3 is 2.53 bits per heavy atom. The summed E-state index contributed by atoms with van der Waals surface area (Å²) in [7, 11) is -3.90. The van der Waals surface area contributed by atoms with E-state index >= 15 is 0 Å². The van der Waals surface area contributed by atoms with E-state index in [2.05, 4.69) is 0 Å². The topological polar surface area (TPSA) is 128 Å². The van der Waals surface area contributed by atoms with Gasteiger partial charge in [0, 0.05) is 23.8 Å². The molecule has 8 nitrogen and oxygen atoms in total. The van der Waals surface area contributed by atoms with Crippen molar-refractivity contribution in [2.75, 3.05) is 6.26 Å². The van der Waals surface area contributed by atoms with Crippen LogP contribution in [0.5, 0.6) is 0 Å². The molecule has 0 radical (unpaired) electrons. The van der Waals surface area contributed by atoms with Gasteiger partial charge in [0.05, 0.1) is 4.92 Å². The third-order valence-corrected chi connectivity index (χ3v) is 3.55. The second-order valence-electron chi connectivity index (χ2n) is 3.78. The van der Waals surface area contributed by atoms with Crippen LogP contribution in [0.2, 0.25) is 0 Å². The van der Waals surface area contributed by atoms with Crippen LogP contribution in [-0.2, 0) is 9.84 Å². The number of hydrogen-bond donors (Lipinski definition) is 1. The summed E-state index contributed by atoms with van der Waals surface area (Å²) < 4.78 is 28.2. The minimum atomic E-state index is -3.90. The molecule has 0 saturated heterocycles. The van der Waals surface area contributed by atoms with Gasteiger partial charge in [-0.2, -0.15) is 0 Å². The Morgan fingerprint density at radius 1 is 1.42 bits per heavy atom. The van der Waals surface area contributed by atoms with Gasteiger partial charge in [-0.05, 0) is 6.07 Å². The van der Waals surface area contributed by atoms with E-state index in [-0.39, 0.29) is 16.7 Å². The SMILES string of the molecule is CS(=O)(=O)c1c(C(=O)O)oc2ccc([N+](=O)[O-])cc12. The lowest BCUT2D eigenvalue weighted by Gasteiger charge is -1.96. The number of rotatable bonds is 3. The number of nitrogens with zero attached hydrogens (tertiary/aromatic N) is 1. The fourth-order valence-corrected chi connectivity index (χ4v) is 2.71. The minimum Gasteiger partial charge on any atom is -0.475 e. The number of hydrogen-bond acceptors (Lipinski definition) is 6. The van der Waals surface area contributed by atoms with Gasteiger partial charge in [-0.1, -0.05) is 0 Å². The summed E-state index contributed by atoms with van der Waals surface area (Å²) in [5, 5.41) is 19.5. The number of sulfone groups is 1. The number of carboxylic acids is 1. The Morgan fingerprint density at radius 2 is 2.05 bits per heavy atom. The van der Waals surface area contributed by atoms with E-state index in [1.54, 1.807) is 0 Å². The number of benzene rings is 1. The van der Waals surface area contributed by atoms with E-state index in [1.165, 1.54) is 0 Å². The summed E-state index contributed by atoms with van der Waals surface area (Å²) in [5.41, 5.74) is -0.390. The Hall–Kier alpha value is -2.42. The third kappa shape index (κ3) is 2.15. The van der Waals surface area contributed by atoms with Crippen LogP contribution in [0.15, 0.2) is 27.5 Å². The van der Waals surface area contributed by atoms with Crippen molar-refractivity contribution in [1.82, 2.24) is 0 Å². The van der Waals surface area contributed by atoms with E-state index in [4.69, 9.17) is 9.52 Å². The molecule has 0 amide bonds. The maximum Gasteiger partial charge on any atom is 0.373 e. The first-order valence-corrected chi connectivity index (χ1v) is 6.75. The molecule has 2 aromatic rings. The van der Waals surface area contributed by atoms with Crippen LogP contribution in [0, 0.1) is 10.1 Å². The second kappa shape index (κ2) is 4.05. The van der Waals surface area contributed by atoms with Crippen LogP contribution >= 0.6 is 0 Å². The van der Waals surface area contributed by atoms with Crippen molar-refractivity contribution in [3.05, 3.63) is 34.1 Å². The van der Waals surface area contributed by atoms with Gasteiger partial charge >= 0.3 is 5.97 Å². The van der Waals surface area contributed by atoms with Crippen LogP contribution in [0.4, 0.5) is 5.69 Å². The smallest absolute Gasteiger partial charge is 0.373 e. The molecule has 9 heteroatoms. The van der Waals surface area contributed by atoms with Crippen molar-refractivity contribution in [1.29, 1.82) is 0 Å². The number of furan rings is 1. The summed E-state index contributed by atoms with van der Waals surface area (Å²) >= 11 is 0. The first-order chi connectivity index (χ1) is 8.71. The van der Waals surface area contributed by atoms with E-state index in [0.29, 0.717) is 0 Å². The molecule has 2 rings (SSSR count). The zero-order chi connectivity index (χ0) is 14.4. The Balaban J connectivity index is 2.94. The van der Waals surface area contributed by atoms with E-state index in [9.17, 15) is 23.3 Å². The number of nitro groups is 1. The minimum absolute atomic E-state index is 0.0385. The monoisotopic (exact) mass is 285 g/mol. The standard InChI is InChI=1S/C10H7NO7S/c1-19(16,17)9-6-4-5(11(14)15)2-3-7(6)18-8(9)10(12)13/h2-4H,1H3,(H,12,13). The largest absolute Gasteiger partial charge is 0.475 e. The molecule has 0 aliphatic heterocycles. The molecule has 0 saturated carbocycles. The van der Waals surface area contributed by atoms with Crippen LogP contribution in [0.1, 0.15) is 10.6 Å². The molecule has 19 heavy (non-hydrogen) atoms. The Labute approximate surface area is 106 Å². The molecule has 0 aliphatic carbocycles. The molecule has 1 aromatic heterocycles.